The lowest BCUT2D eigenvalue weighted by Gasteiger charge is -2.28. The second-order valence-corrected chi connectivity index (χ2v) is 4.89. The highest BCUT2D eigenvalue weighted by Crippen LogP contribution is 2.12. The average molecular weight is 212 g/mol. The lowest BCUT2D eigenvalue weighted by molar-refractivity contribution is 0.0759. The Morgan fingerprint density at radius 3 is 2.60 bits per heavy atom. The minimum absolute atomic E-state index is 0.698. The summed E-state index contributed by atoms with van der Waals surface area (Å²) in [6.07, 6.45) is 5.16. The highest BCUT2D eigenvalue weighted by molar-refractivity contribution is 4.77. The average Bonchev–Trinajstić information content (AvgIpc) is 2.81. The van der Waals surface area contributed by atoms with E-state index in [1.807, 2.05) is 0 Å². The van der Waals surface area contributed by atoms with Crippen molar-refractivity contribution in [2.24, 2.45) is 0 Å². The van der Waals surface area contributed by atoms with Gasteiger partial charge in [-0.15, -0.1) is 0 Å². The fourth-order valence-electron chi connectivity index (χ4n) is 2.55. The van der Waals surface area contributed by atoms with Crippen LogP contribution in [0.15, 0.2) is 0 Å². The molecule has 2 aliphatic rings. The maximum atomic E-state index is 5.36. The molecule has 0 aromatic rings. The minimum atomic E-state index is 0.698. The van der Waals surface area contributed by atoms with Crippen LogP contribution in [0.1, 0.15) is 32.6 Å². The number of rotatable bonds is 4. The van der Waals surface area contributed by atoms with Crippen molar-refractivity contribution in [1.82, 2.24) is 10.2 Å². The van der Waals surface area contributed by atoms with E-state index in [-0.39, 0.29) is 0 Å². The molecule has 1 unspecified atom stereocenters. The lowest BCUT2D eigenvalue weighted by Crippen LogP contribution is -2.44. The summed E-state index contributed by atoms with van der Waals surface area (Å²) in [4.78, 5) is 2.60. The van der Waals surface area contributed by atoms with Crippen LogP contribution in [0.25, 0.3) is 0 Å². The maximum absolute atomic E-state index is 5.36. The lowest BCUT2D eigenvalue weighted by atomic mass is 10.1. The monoisotopic (exact) mass is 212 g/mol. The van der Waals surface area contributed by atoms with Gasteiger partial charge in [-0.05, 0) is 45.7 Å². The van der Waals surface area contributed by atoms with Gasteiger partial charge in [-0.25, -0.2) is 0 Å². The summed E-state index contributed by atoms with van der Waals surface area (Å²) >= 11 is 0. The summed E-state index contributed by atoms with van der Waals surface area (Å²) in [6.45, 7) is 7.97. The van der Waals surface area contributed by atoms with Crippen molar-refractivity contribution in [3.05, 3.63) is 0 Å². The number of ether oxygens (including phenoxy) is 1. The zero-order valence-electron chi connectivity index (χ0n) is 9.87. The standard InChI is InChI=1S/C12H24N2O/c1-11(14-6-2-3-7-14)10-13-12-4-8-15-9-5-12/h11-13H,2-10H2,1H3. The summed E-state index contributed by atoms with van der Waals surface area (Å²) in [6, 6.07) is 1.40. The van der Waals surface area contributed by atoms with Gasteiger partial charge in [0, 0.05) is 31.8 Å². The summed E-state index contributed by atoms with van der Waals surface area (Å²) < 4.78 is 5.36. The minimum Gasteiger partial charge on any atom is -0.381 e. The van der Waals surface area contributed by atoms with Crippen LogP contribution in [0.4, 0.5) is 0 Å². The van der Waals surface area contributed by atoms with Gasteiger partial charge in [0.2, 0.25) is 0 Å². The molecule has 0 radical (unpaired) electrons. The van der Waals surface area contributed by atoms with Crippen molar-refractivity contribution >= 4 is 0 Å². The fraction of sp³-hybridized carbons (Fsp3) is 1.00. The van der Waals surface area contributed by atoms with E-state index in [2.05, 4.69) is 17.1 Å². The van der Waals surface area contributed by atoms with Crippen LogP contribution in [0, 0.1) is 0 Å². The first-order valence-corrected chi connectivity index (χ1v) is 6.41. The Labute approximate surface area is 93.2 Å². The van der Waals surface area contributed by atoms with Crippen LogP contribution in [0.5, 0.6) is 0 Å². The van der Waals surface area contributed by atoms with Crippen LogP contribution in [-0.4, -0.2) is 49.8 Å². The molecule has 15 heavy (non-hydrogen) atoms. The number of nitrogens with zero attached hydrogens (tertiary/aromatic N) is 1. The normalized spacial score (nSPS) is 27.0. The number of hydrogen-bond acceptors (Lipinski definition) is 3. The van der Waals surface area contributed by atoms with Crippen LogP contribution in [-0.2, 0) is 4.74 Å². The zero-order chi connectivity index (χ0) is 10.5. The van der Waals surface area contributed by atoms with Crippen molar-refractivity contribution in [3.8, 4) is 0 Å². The third kappa shape index (κ3) is 3.44. The topological polar surface area (TPSA) is 24.5 Å². The van der Waals surface area contributed by atoms with Crippen LogP contribution < -0.4 is 5.32 Å². The first-order valence-electron chi connectivity index (χ1n) is 6.41. The van der Waals surface area contributed by atoms with Crippen molar-refractivity contribution < 1.29 is 4.74 Å². The first-order chi connectivity index (χ1) is 7.36. The fourth-order valence-corrected chi connectivity index (χ4v) is 2.55. The summed E-state index contributed by atoms with van der Waals surface area (Å²) in [5.74, 6) is 0. The van der Waals surface area contributed by atoms with Crippen LogP contribution >= 0.6 is 0 Å². The van der Waals surface area contributed by atoms with E-state index in [1.165, 1.54) is 38.8 Å². The van der Waals surface area contributed by atoms with Gasteiger partial charge < -0.3 is 10.1 Å². The molecule has 1 atom stereocenters. The van der Waals surface area contributed by atoms with Crippen LogP contribution in [0.3, 0.4) is 0 Å². The number of likely N-dealkylation sites (tertiary alicyclic amines) is 1. The predicted octanol–water partition coefficient (Wildman–Crippen LogP) is 1.24. The van der Waals surface area contributed by atoms with Gasteiger partial charge in [-0.1, -0.05) is 0 Å². The van der Waals surface area contributed by atoms with Crippen molar-refractivity contribution in [1.29, 1.82) is 0 Å². The van der Waals surface area contributed by atoms with Gasteiger partial charge in [0.05, 0.1) is 0 Å². The van der Waals surface area contributed by atoms with Crippen molar-refractivity contribution in [2.75, 3.05) is 32.8 Å². The molecule has 3 heteroatoms. The maximum Gasteiger partial charge on any atom is 0.0480 e. The van der Waals surface area contributed by atoms with Crippen LogP contribution in [0.2, 0.25) is 0 Å². The van der Waals surface area contributed by atoms with E-state index in [1.54, 1.807) is 0 Å². The SMILES string of the molecule is CC(CNC1CCOCC1)N1CCCC1. The molecule has 3 nitrogen and oxygen atoms in total. The Morgan fingerprint density at radius 1 is 1.27 bits per heavy atom. The number of nitrogens with one attached hydrogen (secondary N) is 1. The van der Waals surface area contributed by atoms with Gasteiger partial charge >= 0.3 is 0 Å². The van der Waals surface area contributed by atoms with Gasteiger partial charge in [0.1, 0.15) is 0 Å². The smallest absolute Gasteiger partial charge is 0.0480 e. The Bertz CT molecular complexity index is 174. The van der Waals surface area contributed by atoms with Gasteiger partial charge in [0.15, 0.2) is 0 Å². The summed E-state index contributed by atoms with van der Waals surface area (Å²) in [7, 11) is 0. The molecule has 0 amide bonds. The first kappa shape index (κ1) is 11.4. The second kappa shape index (κ2) is 5.83. The zero-order valence-corrected chi connectivity index (χ0v) is 9.87. The summed E-state index contributed by atoms with van der Waals surface area (Å²) in [5, 5.41) is 3.68. The molecule has 2 rings (SSSR count). The third-order valence-corrected chi connectivity index (χ3v) is 3.69. The highest BCUT2D eigenvalue weighted by atomic mass is 16.5. The molecule has 2 heterocycles. The molecule has 0 bridgehead atoms. The molecule has 0 aromatic heterocycles. The molecule has 2 fully saturated rings. The Kier molecular flexibility index (Phi) is 4.42. The van der Waals surface area contributed by atoms with Gasteiger partial charge in [-0.2, -0.15) is 0 Å². The van der Waals surface area contributed by atoms with E-state index >= 15 is 0 Å². The van der Waals surface area contributed by atoms with E-state index in [0.29, 0.717) is 12.1 Å². The quantitative estimate of drug-likeness (QED) is 0.759. The molecular weight excluding hydrogens is 188 g/mol. The van der Waals surface area contributed by atoms with Crippen molar-refractivity contribution in [2.45, 2.75) is 44.7 Å². The van der Waals surface area contributed by atoms with E-state index in [4.69, 9.17) is 4.74 Å². The molecule has 0 aromatic carbocycles. The molecule has 0 saturated carbocycles. The Morgan fingerprint density at radius 2 is 1.93 bits per heavy atom. The van der Waals surface area contributed by atoms with Gasteiger partial charge in [-0.3, -0.25) is 4.90 Å². The predicted molar refractivity (Wildman–Crippen MR) is 62.1 cm³/mol. The molecule has 2 aliphatic heterocycles. The third-order valence-electron chi connectivity index (χ3n) is 3.69. The molecule has 0 spiro atoms. The Balaban J connectivity index is 1.63. The van der Waals surface area contributed by atoms with E-state index < -0.39 is 0 Å². The Hall–Kier alpha value is -0.120. The molecular formula is C12H24N2O. The molecule has 88 valence electrons. The number of hydrogen-bond donors (Lipinski definition) is 1. The van der Waals surface area contributed by atoms with Gasteiger partial charge in [0.25, 0.3) is 0 Å². The largest absolute Gasteiger partial charge is 0.381 e. The highest BCUT2D eigenvalue weighted by Gasteiger charge is 2.19. The van der Waals surface area contributed by atoms with Crippen molar-refractivity contribution in [3.63, 3.8) is 0 Å². The second-order valence-electron chi connectivity index (χ2n) is 4.89. The summed E-state index contributed by atoms with van der Waals surface area (Å²) in [5.41, 5.74) is 0. The molecule has 1 N–H and O–H groups in total. The molecule has 0 aliphatic carbocycles. The molecule has 2 saturated heterocycles. The van der Waals surface area contributed by atoms with E-state index in [9.17, 15) is 0 Å². The van der Waals surface area contributed by atoms with E-state index in [0.717, 1.165) is 19.8 Å².